The highest BCUT2D eigenvalue weighted by atomic mass is 19.1. The van der Waals surface area contributed by atoms with Gasteiger partial charge in [-0.3, -0.25) is 0 Å². The van der Waals surface area contributed by atoms with Gasteiger partial charge in [0.2, 0.25) is 42.4 Å². The van der Waals surface area contributed by atoms with Crippen molar-refractivity contribution in [2.75, 3.05) is 74.8 Å². The molecule has 0 bridgehead atoms. The number of benzene rings is 2. The Kier molecular flexibility index (Phi) is 10.6. The van der Waals surface area contributed by atoms with Crippen molar-refractivity contribution < 1.29 is 49.8 Å². The Hall–Kier alpha value is -9.21. The van der Waals surface area contributed by atoms with Crippen LogP contribution in [0.4, 0.5) is 57.4 Å². The number of aromatic nitrogens is 3. The first-order chi connectivity index (χ1) is 33.8. The van der Waals surface area contributed by atoms with Gasteiger partial charge < -0.3 is 34.1 Å². The number of ether oxygens (including phenoxy) is 1. The summed E-state index contributed by atoms with van der Waals surface area (Å²) in [5.74, 6) is -3.28. The Morgan fingerprint density at radius 3 is 1.54 bits per heavy atom. The van der Waals surface area contributed by atoms with Crippen LogP contribution in [0.3, 0.4) is 0 Å². The van der Waals surface area contributed by atoms with Crippen LogP contribution in [-0.4, -0.2) is 125 Å². The highest BCUT2D eigenvalue weighted by Gasteiger charge is 2.37. The van der Waals surface area contributed by atoms with Crippen LogP contribution >= 0.6 is 0 Å². The summed E-state index contributed by atoms with van der Waals surface area (Å²) in [5.41, 5.74) is 4.42. The summed E-state index contributed by atoms with van der Waals surface area (Å²) >= 11 is 0. The largest absolute Gasteiger partial charge is 0.495 e. The van der Waals surface area contributed by atoms with Gasteiger partial charge >= 0.3 is 29.4 Å². The van der Waals surface area contributed by atoms with E-state index in [0.717, 1.165) is 34.5 Å². The normalized spacial score (nSPS) is 16.6. The van der Waals surface area contributed by atoms with E-state index in [-0.39, 0.29) is 34.9 Å². The van der Waals surface area contributed by atoms with Crippen LogP contribution in [0.15, 0.2) is 135 Å². The predicted molar refractivity (Wildman–Crippen MR) is 252 cm³/mol. The topological polar surface area (TPSA) is 85.4 Å². The Bertz CT molecular complexity index is 3520. The van der Waals surface area contributed by atoms with Crippen molar-refractivity contribution in [2.24, 2.45) is 0 Å². The van der Waals surface area contributed by atoms with Gasteiger partial charge in [0, 0.05) is 57.4 Å². The van der Waals surface area contributed by atoms with Crippen molar-refractivity contribution in [3.8, 4) is 34.0 Å². The van der Waals surface area contributed by atoms with Crippen LogP contribution < -0.4 is 24.3 Å². The molecule has 3 aromatic heterocycles. The summed E-state index contributed by atoms with van der Waals surface area (Å²) in [4.78, 5) is 23.2. The second kappa shape index (κ2) is 17.1. The molecule has 0 spiro atoms. The molecule has 0 saturated heterocycles. The maximum Gasteiger partial charge on any atom is 0.495 e. The van der Waals surface area contributed by atoms with Gasteiger partial charge in [-0.05, 0) is 45.5 Å². The van der Waals surface area contributed by atoms with Crippen molar-refractivity contribution in [1.82, 2.24) is 24.8 Å². The van der Waals surface area contributed by atoms with Crippen molar-refractivity contribution in [3.63, 3.8) is 0 Å². The molecule has 0 aliphatic carbocycles. The fourth-order valence-electron chi connectivity index (χ4n) is 8.53. The molecular formula is C50H43F4N15O+6. The molecule has 5 aromatic rings. The van der Waals surface area contributed by atoms with E-state index in [4.69, 9.17) is 4.74 Å². The number of hydrogen-bond acceptors (Lipinski definition) is 10. The van der Waals surface area contributed by atoms with E-state index in [1.807, 2.05) is 148 Å². The summed E-state index contributed by atoms with van der Waals surface area (Å²) in [6, 6.07) is 26.1. The van der Waals surface area contributed by atoms with Crippen LogP contribution in [0.25, 0.3) is 22.5 Å². The molecule has 0 atom stereocenters. The lowest BCUT2D eigenvalue weighted by atomic mass is 10.1. The fraction of sp³-hybridized carbons (Fsp3) is 0.160. The first kappa shape index (κ1) is 43.4. The van der Waals surface area contributed by atoms with E-state index >= 15 is 8.78 Å². The van der Waals surface area contributed by atoms with Gasteiger partial charge in [-0.1, -0.05) is 24.4 Å². The second-order valence-electron chi connectivity index (χ2n) is 17.1. The second-order valence-corrected chi connectivity index (χ2v) is 17.1. The molecule has 0 radical (unpaired) electrons. The third kappa shape index (κ3) is 8.09. The number of nitrogens with zero attached hydrogens (tertiary/aromatic N) is 15. The van der Waals surface area contributed by atoms with Gasteiger partial charge in [-0.2, -0.15) is 27.5 Å². The van der Waals surface area contributed by atoms with Crippen LogP contribution in [0.5, 0.6) is 11.5 Å². The number of pyridine rings is 3. The molecular weight excluding hydrogens is 903 g/mol. The van der Waals surface area contributed by atoms with Gasteiger partial charge in [0.15, 0.2) is 32.6 Å². The molecule has 0 unspecified atom stereocenters. The Morgan fingerprint density at radius 2 is 0.971 bits per heavy atom. The van der Waals surface area contributed by atoms with Crippen molar-refractivity contribution in [3.05, 3.63) is 159 Å². The van der Waals surface area contributed by atoms with Gasteiger partial charge in [0.25, 0.3) is 24.3 Å². The average Bonchev–Trinajstić information content (AvgIpc) is 4.22. The van der Waals surface area contributed by atoms with E-state index in [1.54, 1.807) is 17.3 Å². The first-order valence-electron chi connectivity index (χ1n) is 21.9. The zero-order valence-corrected chi connectivity index (χ0v) is 38.5. The van der Waals surface area contributed by atoms with Crippen LogP contribution in [-0.2, 0) is 0 Å². The molecule has 346 valence electrons. The van der Waals surface area contributed by atoms with Crippen LogP contribution in [0.1, 0.15) is 0 Å². The highest BCUT2D eigenvalue weighted by Crippen LogP contribution is 2.48. The third-order valence-electron chi connectivity index (χ3n) is 12.0. The van der Waals surface area contributed by atoms with Gasteiger partial charge in [0.05, 0.1) is 71.7 Å². The van der Waals surface area contributed by atoms with Crippen molar-refractivity contribution >= 4 is 57.8 Å². The molecule has 6 aliphatic heterocycles. The number of anilines is 4. The van der Waals surface area contributed by atoms with E-state index < -0.39 is 23.8 Å². The van der Waals surface area contributed by atoms with E-state index in [2.05, 4.69) is 58.6 Å². The minimum Gasteiger partial charge on any atom is -0.452 e. The minimum atomic E-state index is -1.12. The van der Waals surface area contributed by atoms with Gasteiger partial charge in [-0.25, -0.2) is 4.98 Å². The molecule has 16 nitrogen and oxygen atoms in total. The Labute approximate surface area is 399 Å². The molecule has 20 heteroatoms. The number of hydrogen-bond donors (Lipinski definition) is 0. The van der Waals surface area contributed by atoms with E-state index in [9.17, 15) is 8.78 Å². The molecule has 0 N–H and O–H groups in total. The quantitative estimate of drug-likeness (QED) is 0.0755. The van der Waals surface area contributed by atoms with Crippen LogP contribution in [0, 0.1) is 23.8 Å². The predicted octanol–water partition coefficient (Wildman–Crippen LogP) is 7.51. The molecule has 0 amide bonds. The molecule has 0 saturated carbocycles. The summed E-state index contributed by atoms with van der Waals surface area (Å²) in [5, 5.41) is 0. The number of rotatable bonds is 11. The molecule has 6 aliphatic rings. The monoisotopic (exact) mass is 945 g/mol. The van der Waals surface area contributed by atoms with Gasteiger partial charge in [-0.15, -0.1) is 0 Å². The molecule has 70 heavy (non-hydrogen) atoms. The molecule has 2 aromatic carbocycles. The lowest BCUT2D eigenvalue weighted by Crippen LogP contribution is -2.27. The molecule has 11 rings (SSSR count). The summed E-state index contributed by atoms with van der Waals surface area (Å²) < 4.78 is 78.6. The van der Waals surface area contributed by atoms with Crippen molar-refractivity contribution in [2.45, 2.75) is 0 Å². The fourth-order valence-corrected chi connectivity index (χ4v) is 8.53. The lowest BCUT2D eigenvalue weighted by Gasteiger charge is -2.27. The Morgan fingerprint density at radius 1 is 0.471 bits per heavy atom. The SMILES string of the molecule is CN1C=CN(c2cc([N+]3=C=[N+](C)C=C3)c([N+]3=C=[N+](C)C=C3)cc2Oc2cc([N+]3=C=[N+](C)C=C3)c(N3C=CN(C)C3)cc2N2C=CN(c3cc(-c4cccc(-c5ccc(F)nc5F)n4)c(F)nc3F)C2)C1. The summed E-state index contributed by atoms with van der Waals surface area (Å²) in [6.07, 6.45) is 22.9. The zero-order valence-electron chi connectivity index (χ0n) is 38.5. The van der Waals surface area contributed by atoms with Crippen LogP contribution in [0.2, 0.25) is 0 Å². The maximum absolute atomic E-state index is 16.0. The van der Waals surface area contributed by atoms with E-state index in [0.29, 0.717) is 30.5 Å². The van der Waals surface area contributed by atoms with Crippen molar-refractivity contribution in [1.29, 1.82) is 0 Å². The highest BCUT2D eigenvalue weighted by molar-refractivity contribution is 5.81. The minimum absolute atomic E-state index is 0.0467. The zero-order chi connectivity index (χ0) is 48.4. The summed E-state index contributed by atoms with van der Waals surface area (Å²) in [7, 11) is 9.70. The first-order valence-corrected chi connectivity index (χ1v) is 21.9. The molecule has 0 fully saturated rings. The lowest BCUT2D eigenvalue weighted by molar-refractivity contribution is -0.439. The maximum atomic E-state index is 16.0. The third-order valence-corrected chi connectivity index (χ3v) is 12.0. The number of halogens is 4. The molecule has 9 heterocycles. The Balaban J connectivity index is 1.04. The van der Waals surface area contributed by atoms with E-state index in [1.165, 1.54) is 30.3 Å². The summed E-state index contributed by atoms with van der Waals surface area (Å²) in [6.45, 7) is 1.15. The van der Waals surface area contributed by atoms with Gasteiger partial charge in [0.1, 0.15) is 5.69 Å². The average molecular weight is 946 g/mol. The standard InChI is InChI=1S/C50H43F4N15O/c1-58-11-16-63(28-58)38-24-42(67-20-15-62(5)32-67)45(26-40(38)65-18-13-60(3)30-65)70-46-27-41(66-19-14-61(4)31-66)39(64-17-12-59(2)29-64)25-43(46)68-21-22-69(33-68)44-23-35(49(53)57-50(44)54)37-8-6-7-36(55-37)34-9-10-47(51)56-48(34)52/h6-27H,29,32-33H2,1-5H3/q+6. The smallest absolute Gasteiger partial charge is 0.452 e.